The van der Waals surface area contributed by atoms with Gasteiger partial charge >= 0.3 is 5.97 Å². The summed E-state index contributed by atoms with van der Waals surface area (Å²) in [7, 11) is 0. The monoisotopic (exact) mass is 331 g/mol. The molecule has 2 aliphatic rings. The fourth-order valence-corrected chi connectivity index (χ4v) is 3.47. The maximum Gasteiger partial charge on any atom is 0.306 e. The number of hydrogen-bond acceptors (Lipinski definition) is 3. The Morgan fingerprint density at radius 1 is 1.21 bits per heavy atom. The Hall–Kier alpha value is -2.04. The fraction of sp³-hybridized carbons (Fsp3) is 0.579. The predicted octanol–water partition coefficient (Wildman–Crippen LogP) is 2.92. The zero-order valence-corrected chi connectivity index (χ0v) is 13.9. The van der Waals surface area contributed by atoms with E-state index >= 15 is 0 Å². The highest BCUT2D eigenvalue weighted by atomic mass is 16.5. The molecule has 1 aromatic rings. The minimum absolute atomic E-state index is 0.00838. The summed E-state index contributed by atoms with van der Waals surface area (Å²) in [5.41, 5.74) is 1.10. The van der Waals surface area contributed by atoms with Gasteiger partial charge in [-0.25, -0.2) is 0 Å². The second-order valence-corrected chi connectivity index (χ2v) is 6.94. The van der Waals surface area contributed by atoms with Crippen molar-refractivity contribution >= 4 is 11.9 Å². The first-order valence-corrected chi connectivity index (χ1v) is 8.88. The zero-order chi connectivity index (χ0) is 16.9. The topological polar surface area (TPSA) is 75.6 Å². The number of aryl methyl sites for hydroxylation is 1. The zero-order valence-electron chi connectivity index (χ0n) is 13.9. The average Bonchev–Trinajstić information content (AvgIpc) is 3.01. The minimum Gasteiger partial charge on any atom is -0.490 e. The lowest BCUT2D eigenvalue weighted by atomic mass is 9.80. The number of amides is 1. The van der Waals surface area contributed by atoms with Crippen LogP contribution in [0.25, 0.3) is 0 Å². The predicted molar refractivity (Wildman–Crippen MR) is 89.9 cm³/mol. The van der Waals surface area contributed by atoms with Gasteiger partial charge in [0, 0.05) is 12.5 Å². The van der Waals surface area contributed by atoms with Crippen molar-refractivity contribution in [2.24, 2.45) is 5.92 Å². The van der Waals surface area contributed by atoms with E-state index in [9.17, 15) is 9.59 Å². The molecular weight excluding hydrogens is 306 g/mol. The Morgan fingerprint density at radius 3 is 2.67 bits per heavy atom. The van der Waals surface area contributed by atoms with Crippen LogP contribution in [0.5, 0.6) is 5.75 Å². The number of carbonyl (C=O) groups excluding carboxylic acids is 1. The molecule has 1 aromatic carbocycles. The van der Waals surface area contributed by atoms with Crippen LogP contribution in [-0.4, -0.2) is 29.1 Å². The van der Waals surface area contributed by atoms with E-state index in [1.807, 2.05) is 24.3 Å². The Balaban J connectivity index is 1.41. The standard InChI is InChI=1S/C19H25NO4/c21-18(20-15-11-14(12-15)19(22)23)9-8-13-4-3-7-17(10-13)24-16-5-1-2-6-16/h3-4,7,10,14-16H,1-2,5-6,8-9,11-12H2,(H,20,21)(H,22,23). The lowest BCUT2D eigenvalue weighted by Crippen LogP contribution is -2.46. The van der Waals surface area contributed by atoms with E-state index in [0.29, 0.717) is 31.8 Å². The third kappa shape index (κ3) is 4.49. The number of nitrogens with one attached hydrogen (secondary N) is 1. The molecule has 0 unspecified atom stereocenters. The summed E-state index contributed by atoms with van der Waals surface area (Å²) in [5, 5.41) is 11.8. The van der Waals surface area contributed by atoms with E-state index in [2.05, 4.69) is 5.32 Å². The molecule has 2 fully saturated rings. The van der Waals surface area contributed by atoms with Crippen molar-refractivity contribution in [1.82, 2.24) is 5.32 Å². The maximum atomic E-state index is 12.0. The Labute approximate surface area is 142 Å². The van der Waals surface area contributed by atoms with Crippen molar-refractivity contribution in [3.05, 3.63) is 29.8 Å². The summed E-state index contributed by atoms with van der Waals surface area (Å²) < 4.78 is 5.99. The van der Waals surface area contributed by atoms with Gasteiger partial charge in [-0.05, 0) is 62.6 Å². The Kier molecular flexibility index (Phi) is 5.38. The SMILES string of the molecule is O=C(CCc1cccc(OC2CCCC2)c1)NC1CC(C(=O)O)C1. The molecule has 0 spiro atoms. The van der Waals surface area contributed by atoms with Crippen LogP contribution in [-0.2, 0) is 16.0 Å². The lowest BCUT2D eigenvalue weighted by molar-refractivity contribution is -0.146. The quantitative estimate of drug-likeness (QED) is 0.805. The number of carboxylic acid groups (broad SMARTS) is 1. The van der Waals surface area contributed by atoms with E-state index in [4.69, 9.17) is 9.84 Å². The molecule has 5 heteroatoms. The molecule has 0 atom stereocenters. The van der Waals surface area contributed by atoms with Crippen LogP contribution < -0.4 is 10.1 Å². The van der Waals surface area contributed by atoms with E-state index in [0.717, 1.165) is 24.2 Å². The van der Waals surface area contributed by atoms with Gasteiger partial charge in [-0.3, -0.25) is 9.59 Å². The Morgan fingerprint density at radius 2 is 1.96 bits per heavy atom. The van der Waals surface area contributed by atoms with Crippen LogP contribution in [0.2, 0.25) is 0 Å². The third-order valence-electron chi connectivity index (χ3n) is 5.00. The summed E-state index contributed by atoms with van der Waals surface area (Å²) in [6, 6.07) is 8.01. The number of aliphatic carboxylic acids is 1. The molecule has 2 saturated carbocycles. The molecule has 2 N–H and O–H groups in total. The Bertz CT molecular complexity index is 589. The molecule has 0 heterocycles. The number of carbonyl (C=O) groups is 2. The van der Waals surface area contributed by atoms with Crippen LogP contribution in [0.15, 0.2) is 24.3 Å². The molecule has 2 aliphatic carbocycles. The molecule has 0 aliphatic heterocycles. The lowest BCUT2D eigenvalue weighted by Gasteiger charge is -2.32. The van der Waals surface area contributed by atoms with Crippen LogP contribution in [0.1, 0.15) is 50.5 Å². The van der Waals surface area contributed by atoms with Crippen molar-refractivity contribution in [3.8, 4) is 5.75 Å². The maximum absolute atomic E-state index is 12.0. The van der Waals surface area contributed by atoms with Crippen LogP contribution in [0.4, 0.5) is 0 Å². The van der Waals surface area contributed by atoms with E-state index in [-0.39, 0.29) is 17.9 Å². The van der Waals surface area contributed by atoms with Gasteiger partial charge in [0.25, 0.3) is 0 Å². The summed E-state index contributed by atoms with van der Waals surface area (Å²) in [6.07, 6.45) is 7.27. The second-order valence-electron chi connectivity index (χ2n) is 6.94. The highest BCUT2D eigenvalue weighted by Crippen LogP contribution is 2.27. The summed E-state index contributed by atoms with van der Waals surface area (Å²) >= 11 is 0. The molecule has 1 amide bonds. The highest BCUT2D eigenvalue weighted by Gasteiger charge is 2.35. The molecule has 3 rings (SSSR count). The first kappa shape index (κ1) is 16.8. The molecule has 0 radical (unpaired) electrons. The van der Waals surface area contributed by atoms with Crippen LogP contribution in [0, 0.1) is 5.92 Å². The summed E-state index contributed by atoms with van der Waals surface area (Å²) in [4.78, 5) is 22.7. The first-order chi connectivity index (χ1) is 11.6. The number of hydrogen-bond donors (Lipinski definition) is 2. The number of carboxylic acids is 1. The van der Waals surface area contributed by atoms with Gasteiger partial charge in [0.1, 0.15) is 5.75 Å². The van der Waals surface area contributed by atoms with Gasteiger partial charge in [0.05, 0.1) is 12.0 Å². The third-order valence-corrected chi connectivity index (χ3v) is 5.00. The smallest absolute Gasteiger partial charge is 0.306 e. The van der Waals surface area contributed by atoms with E-state index in [1.54, 1.807) is 0 Å². The molecule has 0 saturated heterocycles. The van der Waals surface area contributed by atoms with Gasteiger partial charge < -0.3 is 15.2 Å². The fourth-order valence-electron chi connectivity index (χ4n) is 3.47. The molecule has 5 nitrogen and oxygen atoms in total. The molecule has 24 heavy (non-hydrogen) atoms. The van der Waals surface area contributed by atoms with E-state index in [1.165, 1.54) is 12.8 Å². The summed E-state index contributed by atoms with van der Waals surface area (Å²) in [6.45, 7) is 0. The van der Waals surface area contributed by atoms with Gasteiger partial charge in [0.15, 0.2) is 0 Å². The summed E-state index contributed by atoms with van der Waals surface area (Å²) in [5.74, 6) is -0.173. The molecule has 0 aromatic heterocycles. The van der Waals surface area contributed by atoms with Crippen LogP contribution >= 0.6 is 0 Å². The second kappa shape index (κ2) is 7.69. The molecule has 130 valence electrons. The normalized spacial score (nSPS) is 23.5. The van der Waals surface area contributed by atoms with Crippen molar-refractivity contribution in [2.45, 2.75) is 63.5 Å². The highest BCUT2D eigenvalue weighted by molar-refractivity contribution is 5.77. The first-order valence-electron chi connectivity index (χ1n) is 8.88. The van der Waals surface area contributed by atoms with Crippen molar-refractivity contribution in [3.63, 3.8) is 0 Å². The van der Waals surface area contributed by atoms with Gasteiger partial charge in [-0.2, -0.15) is 0 Å². The van der Waals surface area contributed by atoms with Crippen molar-refractivity contribution in [1.29, 1.82) is 0 Å². The number of rotatable bonds is 7. The van der Waals surface area contributed by atoms with Crippen molar-refractivity contribution < 1.29 is 19.4 Å². The van der Waals surface area contributed by atoms with Crippen molar-refractivity contribution in [2.75, 3.05) is 0 Å². The molecular formula is C19H25NO4. The van der Waals surface area contributed by atoms with Gasteiger partial charge in [0.2, 0.25) is 5.91 Å². The van der Waals surface area contributed by atoms with E-state index < -0.39 is 5.97 Å². The number of benzene rings is 1. The molecule has 0 bridgehead atoms. The average molecular weight is 331 g/mol. The van der Waals surface area contributed by atoms with Gasteiger partial charge in [-0.15, -0.1) is 0 Å². The van der Waals surface area contributed by atoms with Crippen LogP contribution in [0.3, 0.4) is 0 Å². The largest absolute Gasteiger partial charge is 0.490 e. The number of ether oxygens (including phenoxy) is 1. The minimum atomic E-state index is -0.764. The van der Waals surface area contributed by atoms with Gasteiger partial charge in [-0.1, -0.05) is 12.1 Å².